The van der Waals surface area contributed by atoms with Crippen LogP contribution in [0.4, 0.5) is 10.1 Å². The predicted molar refractivity (Wildman–Crippen MR) is 69.1 cm³/mol. The van der Waals surface area contributed by atoms with Crippen molar-refractivity contribution in [2.24, 2.45) is 0 Å². The summed E-state index contributed by atoms with van der Waals surface area (Å²) in [6.07, 6.45) is 2.03. The second-order valence-electron chi connectivity index (χ2n) is 3.45. The van der Waals surface area contributed by atoms with E-state index in [1.54, 1.807) is 24.3 Å². The monoisotopic (exact) mass is 330 g/mol. The molecule has 0 spiro atoms. The summed E-state index contributed by atoms with van der Waals surface area (Å²) in [7, 11) is -3.82. The van der Waals surface area contributed by atoms with Crippen LogP contribution < -0.4 is 4.72 Å². The number of benzene rings is 1. The SMILES string of the molecule is O=S(=O)(Nc1ccc(Br)cc1)c1cncc(F)c1. The van der Waals surface area contributed by atoms with E-state index in [-0.39, 0.29) is 4.90 Å². The fraction of sp³-hybridized carbons (Fsp3) is 0. The molecule has 0 amide bonds. The third kappa shape index (κ3) is 3.05. The van der Waals surface area contributed by atoms with Crippen molar-refractivity contribution in [3.63, 3.8) is 0 Å². The lowest BCUT2D eigenvalue weighted by atomic mass is 10.3. The van der Waals surface area contributed by atoms with Gasteiger partial charge in [-0.05, 0) is 30.3 Å². The second-order valence-corrected chi connectivity index (χ2v) is 6.05. The number of nitrogens with one attached hydrogen (secondary N) is 1. The number of nitrogens with zero attached hydrogens (tertiary/aromatic N) is 1. The van der Waals surface area contributed by atoms with E-state index in [0.29, 0.717) is 5.69 Å². The lowest BCUT2D eigenvalue weighted by Crippen LogP contribution is -2.13. The van der Waals surface area contributed by atoms with Gasteiger partial charge in [0.25, 0.3) is 10.0 Å². The van der Waals surface area contributed by atoms with E-state index in [1.165, 1.54) is 0 Å². The molecule has 4 nitrogen and oxygen atoms in total. The maximum Gasteiger partial charge on any atom is 0.263 e. The number of halogens is 2. The molecule has 0 bridgehead atoms. The zero-order chi connectivity index (χ0) is 13.2. The van der Waals surface area contributed by atoms with Gasteiger partial charge in [-0.25, -0.2) is 12.8 Å². The van der Waals surface area contributed by atoms with E-state index in [4.69, 9.17) is 0 Å². The summed E-state index contributed by atoms with van der Waals surface area (Å²) in [4.78, 5) is 3.29. The van der Waals surface area contributed by atoms with E-state index in [1.807, 2.05) is 0 Å². The zero-order valence-corrected chi connectivity index (χ0v) is 11.4. The summed E-state index contributed by atoms with van der Waals surface area (Å²) in [6, 6.07) is 7.49. The first-order chi connectivity index (χ1) is 8.47. The molecular formula is C11H8BrFN2O2S. The molecule has 0 unspecified atom stereocenters. The molecule has 1 N–H and O–H groups in total. The highest BCUT2D eigenvalue weighted by molar-refractivity contribution is 9.10. The highest BCUT2D eigenvalue weighted by Gasteiger charge is 2.15. The molecular weight excluding hydrogens is 323 g/mol. The molecule has 0 fully saturated rings. The predicted octanol–water partition coefficient (Wildman–Crippen LogP) is 2.78. The fourth-order valence-corrected chi connectivity index (χ4v) is 2.57. The number of sulfonamides is 1. The van der Waals surface area contributed by atoms with Crippen LogP contribution in [0.1, 0.15) is 0 Å². The summed E-state index contributed by atoms with van der Waals surface area (Å²) < 4.78 is 39.9. The van der Waals surface area contributed by atoms with E-state index in [0.717, 1.165) is 22.9 Å². The van der Waals surface area contributed by atoms with Gasteiger partial charge in [0.1, 0.15) is 10.7 Å². The first-order valence-electron chi connectivity index (χ1n) is 4.86. The van der Waals surface area contributed by atoms with Crippen LogP contribution in [0.3, 0.4) is 0 Å². The smallest absolute Gasteiger partial charge is 0.263 e. The van der Waals surface area contributed by atoms with E-state index in [9.17, 15) is 12.8 Å². The molecule has 0 saturated heterocycles. The van der Waals surface area contributed by atoms with Crippen molar-refractivity contribution in [1.29, 1.82) is 0 Å². The third-order valence-electron chi connectivity index (χ3n) is 2.09. The average Bonchev–Trinajstić information content (AvgIpc) is 2.32. The van der Waals surface area contributed by atoms with Gasteiger partial charge in [0, 0.05) is 16.4 Å². The molecule has 1 aromatic carbocycles. The van der Waals surface area contributed by atoms with Gasteiger partial charge in [0.05, 0.1) is 6.20 Å². The molecule has 0 aliphatic rings. The van der Waals surface area contributed by atoms with Crippen molar-refractivity contribution >= 4 is 31.6 Å². The Bertz CT molecular complexity index is 659. The third-order valence-corrected chi connectivity index (χ3v) is 3.96. The molecule has 0 atom stereocenters. The zero-order valence-electron chi connectivity index (χ0n) is 8.97. The highest BCUT2D eigenvalue weighted by Crippen LogP contribution is 2.18. The van der Waals surface area contributed by atoms with Crippen LogP contribution in [-0.2, 0) is 10.0 Å². The van der Waals surface area contributed by atoms with Crippen LogP contribution in [0.15, 0.2) is 52.1 Å². The van der Waals surface area contributed by atoms with Gasteiger partial charge < -0.3 is 0 Å². The van der Waals surface area contributed by atoms with Crippen molar-refractivity contribution in [1.82, 2.24) is 4.98 Å². The standard InChI is InChI=1S/C11H8BrFN2O2S/c12-8-1-3-10(4-2-8)15-18(16,17)11-5-9(13)6-14-7-11/h1-7,15H. The van der Waals surface area contributed by atoms with E-state index >= 15 is 0 Å². The van der Waals surface area contributed by atoms with Crippen molar-refractivity contribution in [2.45, 2.75) is 4.90 Å². The summed E-state index contributed by atoms with van der Waals surface area (Å²) in [5.74, 6) is -0.700. The molecule has 94 valence electrons. The van der Waals surface area contributed by atoms with Crippen LogP contribution in [-0.4, -0.2) is 13.4 Å². The average molecular weight is 331 g/mol. The summed E-state index contributed by atoms with van der Waals surface area (Å²) >= 11 is 3.24. The van der Waals surface area contributed by atoms with Crippen molar-refractivity contribution in [3.8, 4) is 0 Å². The van der Waals surface area contributed by atoms with E-state index < -0.39 is 15.8 Å². The maximum atomic E-state index is 12.9. The Balaban J connectivity index is 2.30. The van der Waals surface area contributed by atoms with Crippen molar-refractivity contribution in [3.05, 3.63) is 53.0 Å². The Labute approximate surface area is 112 Å². The van der Waals surface area contributed by atoms with Gasteiger partial charge in [0.15, 0.2) is 0 Å². The molecule has 1 aromatic heterocycles. The molecule has 0 saturated carbocycles. The summed E-state index contributed by atoms with van der Waals surface area (Å²) in [5, 5.41) is 0. The largest absolute Gasteiger partial charge is 0.280 e. The highest BCUT2D eigenvalue weighted by atomic mass is 79.9. The second kappa shape index (κ2) is 5.03. The van der Waals surface area contributed by atoms with Gasteiger partial charge >= 0.3 is 0 Å². The molecule has 2 rings (SSSR count). The molecule has 0 aliphatic carbocycles. The molecule has 2 aromatic rings. The minimum Gasteiger partial charge on any atom is -0.280 e. The summed E-state index contributed by atoms with van der Waals surface area (Å²) in [6.45, 7) is 0. The molecule has 7 heteroatoms. The topological polar surface area (TPSA) is 59.1 Å². The fourth-order valence-electron chi connectivity index (χ4n) is 1.27. The van der Waals surface area contributed by atoms with Gasteiger partial charge in [0.2, 0.25) is 0 Å². The Kier molecular flexibility index (Phi) is 3.63. The molecule has 18 heavy (non-hydrogen) atoms. The number of rotatable bonds is 3. The Hall–Kier alpha value is -1.47. The Morgan fingerprint density at radius 2 is 1.83 bits per heavy atom. The van der Waals surface area contributed by atoms with Crippen LogP contribution in [0, 0.1) is 5.82 Å². The number of hydrogen-bond acceptors (Lipinski definition) is 3. The number of hydrogen-bond donors (Lipinski definition) is 1. The molecule has 0 aliphatic heterocycles. The Morgan fingerprint density at radius 3 is 2.44 bits per heavy atom. The maximum absolute atomic E-state index is 12.9. The lowest BCUT2D eigenvalue weighted by molar-refractivity contribution is 0.592. The number of pyridine rings is 1. The van der Waals surface area contributed by atoms with Crippen LogP contribution in [0.2, 0.25) is 0 Å². The first-order valence-corrected chi connectivity index (χ1v) is 7.14. The van der Waals surface area contributed by atoms with Crippen molar-refractivity contribution < 1.29 is 12.8 Å². The lowest BCUT2D eigenvalue weighted by Gasteiger charge is -2.07. The van der Waals surface area contributed by atoms with Gasteiger partial charge in [-0.2, -0.15) is 0 Å². The molecule has 0 radical (unpaired) electrons. The minimum absolute atomic E-state index is 0.217. The number of anilines is 1. The first kappa shape index (κ1) is 13.0. The van der Waals surface area contributed by atoms with Crippen LogP contribution >= 0.6 is 15.9 Å². The van der Waals surface area contributed by atoms with Crippen molar-refractivity contribution in [2.75, 3.05) is 4.72 Å². The quantitative estimate of drug-likeness (QED) is 0.941. The van der Waals surface area contributed by atoms with E-state index in [2.05, 4.69) is 25.6 Å². The summed E-state index contributed by atoms with van der Waals surface area (Å²) in [5.41, 5.74) is 0.391. The van der Waals surface area contributed by atoms with Gasteiger partial charge in [-0.1, -0.05) is 15.9 Å². The van der Waals surface area contributed by atoms with Gasteiger partial charge in [-0.15, -0.1) is 0 Å². The minimum atomic E-state index is -3.82. The molecule has 1 heterocycles. The number of aromatic nitrogens is 1. The van der Waals surface area contributed by atoms with Gasteiger partial charge in [-0.3, -0.25) is 9.71 Å². The Morgan fingerprint density at radius 1 is 1.17 bits per heavy atom. The van der Waals surface area contributed by atoms with Crippen LogP contribution in [0.25, 0.3) is 0 Å². The normalized spacial score (nSPS) is 11.2. The van der Waals surface area contributed by atoms with Crippen LogP contribution in [0.5, 0.6) is 0 Å².